The summed E-state index contributed by atoms with van der Waals surface area (Å²) in [5.74, 6) is 5.12. The molecule has 0 unspecified atom stereocenters. The molecule has 0 fully saturated rings. The van der Waals surface area contributed by atoms with Gasteiger partial charge in [0.05, 0.1) is 0 Å². The zero-order chi connectivity index (χ0) is 4.28. The van der Waals surface area contributed by atoms with E-state index in [4.69, 9.17) is 5.84 Å². The fourth-order valence-electron chi connectivity index (χ4n) is 0. The molecular formula is C3H12N2O. The Morgan fingerprint density at radius 2 is 1.83 bits per heavy atom. The molecule has 6 heavy (non-hydrogen) atoms. The third-order valence-corrected chi connectivity index (χ3v) is 0.499. The molecule has 0 bridgehead atoms. The van der Waals surface area contributed by atoms with Crippen LogP contribution in [-0.4, -0.2) is 24.1 Å². The minimum Gasteiger partial charge on any atom is -0.412 e. The predicted molar refractivity (Wildman–Crippen MR) is 26.1 cm³/mol. The summed E-state index contributed by atoms with van der Waals surface area (Å²) in [4.78, 5) is 0. The Hall–Kier alpha value is -0.120. The Morgan fingerprint density at radius 1 is 1.67 bits per heavy atom. The van der Waals surface area contributed by atoms with Crippen LogP contribution in [-0.2, 0) is 0 Å². The molecule has 0 aliphatic rings. The van der Waals surface area contributed by atoms with Gasteiger partial charge in [0.2, 0.25) is 0 Å². The van der Waals surface area contributed by atoms with Crippen LogP contribution in [0.25, 0.3) is 0 Å². The second-order valence-electron chi connectivity index (χ2n) is 1.07. The van der Waals surface area contributed by atoms with Gasteiger partial charge in [-0.25, -0.2) is 0 Å². The molecule has 4 N–H and O–H groups in total. The van der Waals surface area contributed by atoms with Crippen molar-refractivity contribution in [3.63, 3.8) is 0 Å². The van der Waals surface area contributed by atoms with Crippen molar-refractivity contribution in [3.8, 4) is 0 Å². The second-order valence-corrected chi connectivity index (χ2v) is 1.07. The maximum atomic E-state index is 5.12. The zero-order valence-electron chi connectivity index (χ0n) is 4.23. The number of rotatable bonds is 1. The van der Waals surface area contributed by atoms with Crippen molar-refractivity contribution in [1.82, 2.24) is 5.01 Å². The number of hydrogen-bond acceptors (Lipinski definition) is 2. The van der Waals surface area contributed by atoms with Crippen LogP contribution in [0.15, 0.2) is 0 Å². The van der Waals surface area contributed by atoms with Crippen molar-refractivity contribution < 1.29 is 5.48 Å². The standard InChI is InChI=1S/C3H10N2.H2O/c1-3-5(2)4;/h3-4H2,1-2H3;1H2. The lowest BCUT2D eigenvalue weighted by Gasteiger charge is -2.00. The Kier molecular flexibility index (Phi) is 7.57. The van der Waals surface area contributed by atoms with Crippen LogP contribution in [0.3, 0.4) is 0 Å². The minimum absolute atomic E-state index is 0. The largest absolute Gasteiger partial charge is 0.412 e. The van der Waals surface area contributed by atoms with Gasteiger partial charge in [-0.1, -0.05) is 6.92 Å². The van der Waals surface area contributed by atoms with Crippen LogP contribution in [0.4, 0.5) is 0 Å². The first-order chi connectivity index (χ1) is 2.27. The molecule has 0 atom stereocenters. The van der Waals surface area contributed by atoms with E-state index >= 15 is 0 Å². The van der Waals surface area contributed by atoms with Crippen LogP contribution in [0.1, 0.15) is 6.92 Å². The molecule has 0 saturated carbocycles. The molecule has 0 saturated heterocycles. The Morgan fingerprint density at radius 3 is 1.83 bits per heavy atom. The van der Waals surface area contributed by atoms with Crippen molar-refractivity contribution in [2.45, 2.75) is 6.92 Å². The highest BCUT2D eigenvalue weighted by Gasteiger charge is 1.72. The molecule has 0 rings (SSSR count). The molecule has 3 heteroatoms. The molecule has 0 aromatic carbocycles. The Labute approximate surface area is 38.0 Å². The van der Waals surface area contributed by atoms with Crippen molar-refractivity contribution in [2.75, 3.05) is 13.6 Å². The minimum atomic E-state index is 0. The highest BCUT2D eigenvalue weighted by molar-refractivity contribution is 4.21. The number of nitrogens with zero attached hydrogens (tertiary/aromatic N) is 1. The summed E-state index contributed by atoms with van der Waals surface area (Å²) in [6.07, 6.45) is 0. The first kappa shape index (κ1) is 9.30. The highest BCUT2D eigenvalue weighted by atomic mass is 16.0. The fourth-order valence-corrected chi connectivity index (χ4v) is 0. The molecule has 0 heterocycles. The van der Waals surface area contributed by atoms with Gasteiger partial charge >= 0.3 is 0 Å². The Balaban J connectivity index is 0. The van der Waals surface area contributed by atoms with E-state index in [0.717, 1.165) is 6.54 Å². The summed E-state index contributed by atoms with van der Waals surface area (Å²) in [5, 5.41) is 1.62. The summed E-state index contributed by atoms with van der Waals surface area (Å²) < 4.78 is 0. The lowest BCUT2D eigenvalue weighted by atomic mass is 10.8. The smallest absolute Gasteiger partial charge is 0.00966 e. The normalized spacial score (nSPS) is 8.00. The zero-order valence-corrected chi connectivity index (χ0v) is 4.23. The van der Waals surface area contributed by atoms with Gasteiger partial charge in [-0.05, 0) is 0 Å². The first-order valence-corrected chi connectivity index (χ1v) is 1.73. The van der Waals surface area contributed by atoms with Crippen LogP contribution in [0.5, 0.6) is 0 Å². The van der Waals surface area contributed by atoms with E-state index in [0.29, 0.717) is 0 Å². The van der Waals surface area contributed by atoms with Crippen molar-refractivity contribution in [3.05, 3.63) is 0 Å². The number of nitrogens with two attached hydrogens (primary N) is 1. The third-order valence-electron chi connectivity index (χ3n) is 0.499. The van der Waals surface area contributed by atoms with E-state index in [1.165, 1.54) is 0 Å². The summed E-state index contributed by atoms with van der Waals surface area (Å²) in [6.45, 7) is 2.92. The molecule has 0 aliphatic heterocycles. The maximum absolute atomic E-state index is 5.12. The summed E-state index contributed by atoms with van der Waals surface area (Å²) in [5.41, 5.74) is 0. The van der Waals surface area contributed by atoms with E-state index in [-0.39, 0.29) is 5.48 Å². The van der Waals surface area contributed by atoms with Gasteiger partial charge in [0, 0.05) is 13.6 Å². The van der Waals surface area contributed by atoms with Crippen LogP contribution in [0.2, 0.25) is 0 Å². The van der Waals surface area contributed by atoms with E-state index in [9.17, 15) is 0 Å². The molecule has 0 aromatic heterocycles. The number of hydrogen-bond donors (Lipinski definition) is 1. The lowest BCUT2D eigenvalue weighted by molar-refractivity contribution is 0.370. The van der Waals surface area contributed by atoms with E-state index in [1.54, 1.807) is 5.01 Å². The van der Waals surface area contributed by atoms with Gasteiger partial charge in [-0.15, -0.1) is 0 Å². The average molecular weight is 92.1 g/mol. The Bertz CT molecular complexity index is 22.8. The van der Waals surface area contributed by atoms with Crippen LogP contribution < -0.4 is 5.84 Å². The van der Waals surface area contributed by atoms with Crippen molar-refractivity contribution in [1.29, 1.82) is 0 Å². The van der Waals surface area contributed by atoms with E-state index < -0.39 is 0 Å². The topological polar surface area (TPSA) is 60.8 Å². The summed E-state index contributed by atoms with van der Waals surface area (Å²) in [6, 6.07) is 0. The maximum Gasteiger partial charge on any atom is 0.00966 e. The molecular weight excluding hydrogens is 80.0 g/mol. The molecule has 0 aliphatic carbocycles. The molecule has 0 radical (unpaired) electrons. The molecule has 0 amide bonds. The summed E-state index contributed by atoms with van der Waals surface area (Å²) in [7, 11) is 1.83. The van der Waals surface area contributed by atoms with Gasteiger partial charge in [0.15, 0.2) is 0 Å². The summed E-state index contributed by atoms with van der Waals surface area (Å²) >= 11 is 0. The van der Waals surface area contributed by atoms with Gasteiger partial charge in [0.25, 0.3) is 0 Å². The monoisotopic (exact) mass is 92.1 g/mol. The predicted octanol–water partition coefficient (Wildman–Crippen LogP) is -1.01. The first-order valence-electron chi connectivity index (χ1n) is 1.73. The third kappa shape index (κ3) is 9.11. The molecule has 40 valence electrons. The SMILES string of the molecule is CCN(C)N.O. The van der Waals surface area contributed by atoms with Crippen molar-refractivity contribution in [2.24, 2.45) is 5.84 Å². The quantitative estimate of drug-likeness (QED) is 0.332. The highest BCUT2D eigenvalue weighted by Crippen LogP contribution is 1.57. The van der Waals surface area contributed by atoms with Crippen molar-refractivity contribution >= 4 is 0 Å². The lowest BCUT2D eigenvalue weighted by Crippen LogP contribution is -2.24. The van der Waals surface area contributed by atoms with Crippen LogP contribution in [0, 0.1) is 0 Å². The van der Waals surface area contributed by atoms with E-state index in [1.807, 2.05) is 14.0 Å². The number of hydrazine groups is 1. The second kappa shape index (κ2) is 4.88. The van der Waals surface area contributed by atoms with Gasteiger partial charge in [-0.3, -0.25) is 10.9 Å². The van der Waals surface area contributed by atoms with Gasteiger partial charge in [0.1, 0.15) is 0 Å². The molecule has 3 nitrogen and oxygen atoms in total. The fraction of sp³-hybridized carbons (Fsp3) is 1.00. The van der Waals surface area contributed by atoms with Gasteiger partial charge in [-0.2, -0.15) is 0 Å². The van der Waals surface area contributed by atoms with Crippen LogP contribution >= 0.6 is 0 Å². The van der Waals surface area contributed by atoms with E-state index in [2.05, 4.69) is 0 Å². The average Bonchev–Trinajstić information content (AvgIpc) is 1.38. The molecule has 0 aromatic rings. The molecule has 0 spiro atoms. The van der Waals surface area contributed by atoms with Gasteiger partial charge < -0.3 is 5.48 Å².